The van der Waals surface area contributed by atoms with Gasteiger partial charge in [-0.1, -0.05) is 0 Å². The van der Waals surface area contributed by atoms with Crippen LogP contribution in [0.5, 0.6) is 0 Å². The molecule has 1 aliphatic rings. The molecule has 72 valence electrons. The van der Waals surface area contributed by atoms with Crippen molar-refractivity contribution in [3.63, 3.8) is 0 Å². The first-order chi connectivity index (χ1) is 5.64. The monoisotopic (exact) mass is 174 g/mol. The molecule has 1 atom stereocenters. The van der Waals surface area contributed by atoms with Crippen molar-refractivity contribution in [2.75, 3.05) is 26.9 Å². The standard InChI is InChI=1S/C9H18O3/c1-9(2,10-3)6-8-7-11-4-5-12-8/h8H,4-7H2,1-3H3. The topological polar surface area (TPSA) is 27.7 Å². The number of methoxy groups -OCH3 is 1. The maximum Gasteiger partial charge on any atom is 0.0836 e. The lowest BCUT2D eigenvalue weighted by atomic mass is 10.0. The van der Waals surface area contributed by atoms with Gasteiger partial charge in [-0.3, -0.25) is 0 Å². The van der Waals surface area contributed by atoms with Crippen molar-refractivity contribution in [2.45, 2.75) is 32.0 Å². The first kappa shape index (κ1) is 9.96. The van der Waals surface area contributed by atoms with Crippen LogP contribution >= 0.6 is 0 Å². The van der Waals surface area contributed by atoms with Gasteiger partial charge in [-0.05, 0) is 13.8 Å². The van der Waals surface area contributed by atoms with Gasteiger partial charge in [0.25, 0.3) is 0 Å². The van der Waals surface area contributed by atoms with Crippen molar-refractivity contribution < 1.29 is 14.2 Å². The van der Waals surface area contributed by atoms with Gasteiger partial charge in [-0.25, -0.2) is 0 Å². The number of hydrogen-bond donors (Lipinski definition) is 0. The Bertz CT molecular complexity index is 128. The van der Waals surface area contributed by atoms with Crippen molar-refractivity contribution in [3.8, 4) is 0 Å². The zero-order valence-electron chi connectivity index (χ0n) is 8.13. The molecule has 12 heavy (non-hydrogen) atoms. The molecule has 1 rings (SSSR count). The van der Waals surface area contributed by atoms with Crippen LogP contribution in [0, 0.1) is 0 Å². The molecule has 0 aromatic rings. The van der Waals surface area contributed by atoms with E-state index in [9.17, 15) is 0 Å². The molecule has 1 heterocycles. The van der Waals surface area contributed by atoms with Gasteiger partial charge >= 0.3 is 0 Å². The lowest BCUT2D eigenvalue weighted by Crippen LogP contribution is -2.36. The van der Waals surface area contributed by atoms with Crippen LogP contribution in [0.2, 0.25) is 0 Å². The zero-order valence-corrected chi connectivity index (χ0v) is 8.13. The van der Waals surface area contributed by atoms with Crippen LogP contribution < -0.4 is 0 Å². The van der Waals surface area contributed by atoms with E-state index < -0.39 is 0 Å². The van der Waals surface area contributed by atoms with E-state index in [0.29, 0.717) is 13.2 Å². The second-order valence-corrected chi connectivity index (χ2v) is 3.74. The van der Waals surface area contributed by atoms with Gasteiger partial charge in [0.05, 0.1) is 31.5 Å². The quantitative estimate of drug-likeness (QED) is 0.643. The molecule has 0 aliphatic carbocycles. The van der Waals surface area contributed by atoms with E-state index in [-0.39, 0.29) is 11.7 Å². The molecule has 0 spiro atoms. The van der Waals surface area contributed by atoms with Crippen molar-refractivity contribution in [1.29, 1.82) is 0 Å². The highest BCUT2D eigenvalue weighted by molar-refractivity contribution is 4.75. The highest BCUT2D eigenvalue weighted by Gasteiger charge is 2.25. The summed E-state index contributed by atoms with van der Waals surface area (Å²) in [5.41, 5.74) is -0.106. The Morgan fingerprint density at radius 3 is 2.67 bits per heavy atom. The molecule has 3 heteroatoms. The second kappa shape index (κ2) is 4.21. The normalized spacial score (nSPS) is 25.8. The molecule has 1 fully saturated rings. The summed E-state index contributed by atoms with van der Waals surface area (Å²) in [7, 11) is 1.73. The fourth-order valence-corrected chi connectivity index (χ4v) is 1.29. The molecule has 0 aromatic carbocycles. The Balaban J connectivity index is 2.28. The van der Waals surface area contributed by atoms with Crippen LogP contribution in [0.4, 0.5) is 0 Å². The molecule has 3 nitrogen and oxygen atoms in total. The average molecular weight is 174 g/mol. The van der Waals surface area contributed by atoms with Crippen LogP contribution in [0.1, 0.15) is 20.3 Å². The predicted molar refractivity (Wildman–Crippen MR) is 46.3 cm³/mol. The van der Waals surface area contributed by atoms with E-state index in [1.807, 2.05) is 0 Å². The summed E-state index contributed by atoms with van der Waals surface area (Å²) in [5.74, 6) is 0. The van der Waals surface area contributed by atoms with Gasteiger partial charge in [-0.15, -0.1) is 0 Å². The van der Waals surface area contributed by atoms with E-state index in [1.54, 1.807) is 7.11 Å². The van der Waals surface area contributed by atoms with Crippen LogP contribution in [-0.2, 0) is 14.2 Å². The summed E-state index contributed by atoms with van der Waals surface area (Å²) >= 11 is 0. The molecule has 0 radical (unpaired) electrons. The first-order valence-electron chi connectivity index (χ1n) is 4.38. The lowest BCUT2D eigenvalue weighted by Gasteiger charge is -2.30. The maximum absolute atomic E-state index is 5.51. The van der Waals surface area contributed by atoms with Crippen LogP contribution in [0.15, 0.2) is 0 Å². The Kier molecular flexibility index (Phi) is 3.50. The molecule has 0 N–H and O–H groups in total. The van der Waals surface area contributed by atoms with Gasteiger partial charge < -0.3 is 14.2 Å². The predicted octanol–water partition coefficient (Wildman–Crippen LogP) is 1.22. The van der Waals surface area contributed by atoms with Crippen LogP contribution in [0.3, 0.4) is 0 Å². The molecule has 1 saturated heterocycles. The number of ether oxygens (including phenoxy) is 3. The molecule has 0 aromatic heterocycles. The summed E-state index contributed by atoms with van der Waals surface area (Å²) in [5, 5.41) is 0. The largest absolute Gasteiger partial charge is 0.379 e. The third-order valence-corrected chi connectivity index (χ3v) is 2.16. The van der Waals surface area contributed by atoms with Gasteiger partial charge in [0.2, 0.25) is 0 Å². The highest BCUT2D eigenvalue weighted by Crippen LogP contribution is 2.19. The minimum atomic E-state index is -0.106. The van der Waals surface area contributed by atoms with E-state index in [1.165, 1.54) is 0 Å². The van der Waals surface area contributed by atoms with E-state index >= 15 is 0 Å². The molecule has 1 unspecified atom stereocenters. The third-order valence-electron chi connectivity index (χ3n) is 2.16. The van der Waals surface area contributed by atoms with Crippen LogP contribution in [-0.4, -0.2) is 38.6 Å². The number of hydrogen-bond acceptors (Lipinski definition) is 3. The minimum absolute atomic E-state index is 0.106. The molecule has 0 amide bonds. The summed E-state index contributed by atoms with van der Waals surface area (Å²) in [6.45, 7) is 6.26. The van der Waals surface area contributed by atoms with Crippen LogP contribution in [0.25, 0.3) is 0 Å². The fraction of sp³-hybridized carbons (Fsp3) is 1.00. The first-order valence-corrected chi connectivity index (χ1v) is 4.38. The SMILES string of the molecule is COC(C)(C)CC1COCCO1. The molecule has 1 aliphatic heterocycles. The zero-order chi connectivity index (χ0) is 9.03. The van der Waals surface area contributed by atoms with E-state index in [4.69, 9.17) is 14.2 Å². The summed E-state index contributed by atoms with van der Waals surface area (Å²) in [6.07, 6.45) is 1.09. The van der Waals surface area contributed by atoms with Crippen molar-refractivity contribution >= 4 is 0 Å². The Morgan fingerprint density at radius 1 is 1.42 bits per heavy atom. The van der Waals surface area contributed by atoms with Gasteiger partial charge in [0, 0.05) is 13.5 Å². The molecule has 0 bridgehead atoms. The van der Waals surface area contributed by atoms with E-state index in [2.05, 4.69) is 13.8 Å². The van der Waals surface area contributed by atoms with Crippen molar-refractivity contribution in [1.82, 2.24) is 0 Å². The molecular weight excluding hydrogens is 156 g/mol. The van der Waals surface area contributed by atoms with Crippen molar-refractivity contribution in [2.24, 2.45) is 0 Å². The molecular formula is C9H18O3. The van der Waals surface area contributed by atoms with Crippen molar-refractivity contribution in [3.05, 3.63) is 0 Å². The highest BCUT2D eigenvalue weighted by atomic mass is 16.6. The fourth-order valence-electron chi connectivity index (χ4n) is 1.29. The minimum Gasteiger partial charge on any atom is -0.379 e. The summed E-state index contributed by atoms with van der Waals surface area (Å²) < 4.78 is 16.1. The molecule has 0 saturated carbocycles. The Labute approximate surface area is 74.0 Å². The Morgan fingerprint density at radius 2 is 2.17 bits per heavy atom. The summed E-state index contributed by atoms with van der Waals surface area (Å²) in [6, 6.07) is 0. The summed E-state index contributed by atoms with van der Waals surface area (Å²) in [4.78, 5) is 0. The average Bonchev–Trinajstić information content (AvgIpc) is 2.06. The Hall–Kier alpha value is -0.120. The second-order valence-electron chi connectivity index (χ2n) is 3.74. The third kappa shape index (κ3) is 3.09. The smallest absolute Gasteiger partial charge is 0.0836 e. The lowest BCUT2D eigenvalue weighted by molar-refractivity contribution is -0.119. The van der Waals surface area contributed by atoms with Gasteiger partial charge in [0.15, 0.2) is 0 Å². The van der Waals surface area contributed by atoms with Gasteiger partial charge in [0.1, 0.15) is 0 Å². The van der Waals surface area contributed by atoms with E-state index in [0.717, 1.165) is 13.0 Å². The number of rotatable bonds is 3. The van der Waals surface area contributed by atoms with Gasteiger partial charge in [-0.2, -0.15) is 0 Å². The maximum atomic E-state index is 5.51.